The van der Waals surface area contributed by atoms with Crippen LogP contribution in [-0.4, -0.2) is 36.1 Å². The van der Waals surface area contributed by atoms with Gasteiger partial charge in [0.1, 0.15) is 5.82 Å². The van der Waals surface area contributed by atoms with Gasteiger partial charge in [-0.05, 0) is 44.0 Å². The quantitative estimate of drug-likeness (QED) is 0.823. The van der Waals surface area contributed by atoms with Gasteiger partial charge in [0.2, 0.25) is 0 Å². The molecule has 88 valence electrons. The Hall–Kier alpha value is -1.09. The Morgan fingerprint density at radius 3 is 2.88 bits per heavy atom. The monoisotopic (exact) mass is 219 g/mol. The summed E-state index contributed by atoms with van der Waals surface area (Å²) >= 11 is 0. The van der Waals surface area contributed by atoms with Crippen LogP contribution in [0.2, 0.25) is 0 Å². The molecule has 0 saturated carbocycles. The van der Waals surface area contributed by atoms with Crippen molar-refractivity contribution in [2.45, 2.75) is 19.8 Å². The maximum Gasteiger partial charge on any atom is 0.125 e. The summed E-state index contributed by atoms with van der Waals surface area (Å²) in [5.41, 5.74) is 0. The van der Waals surface area contributed by atoms with Gasteiger partial charge >= 0.3 is 0 Å². The van der Waals surface area contributed by atoms with E-state index in [-0.39, 0.29) is 0 Å². The smallest absolute Gasteiger partial charge is 0.125 e. The van der Waals surface area contributed by atoms with Crippen LogP contribution in [0.4, 0.5) is 5.82 Å². The van der Waals surface area contributed by atoms with E-state index in [1.54, 1.807) is 0 Å². The van der Waals surface area contributed by atoms with Gasteiger partial charge in [-0.3, -0.25) is 0 Å². The molecule has 2 heterocycles. The summed E-state index contributed by atoms with van der Waals surface area (Å²) in [6, 6.07) is 5.97. The van der Waals surface area contributed by atoms with E-state index < -0.39 is 0 Å². The molecule has 0 aromatic carbocycles. The number of likely N-dealkylation sites (tertiary alicyclic amines) is 1. The zero-order valence-corrected chi connectivity index (χ0v) is 10.0. The maximum atomic E-state index is 4.26. The van der Waals surface area contributed by atoms with Crippen LogP contribution in [0.5, 0.6) is 0 Å². The minimum atomic E-state index is 0.681. The molecule has 3 nitrogen and oxygen atoms in total. The Morgan fingerprint density at radius 1 is 1.38 bits per heavy atom. The van der Waals surface area contributed by atoms with Gasteiger partial charge < -0.3 is 10.2 Å². The molecule has 1 saturated heterocycles. The highest BCUT2D eigenvalue weighted by atomic mass is 15.1. The Labute approximate surface area is 97.9 Å². The number of hydrogen-bond donors (Lipinski definition) is 1. The second kappa shape index (κ2) is 5.85. The maximum absolute atomic E-state index is 4.26. The normalized spacial score (nSPS) is 18.6. The van der Waals surface area contributed by atoms with Gasteiger partial charge in [0, 0.05) is 19.3 Å². The first-order valence-electron chi connectivity index (χ1n) is 6.22. The van der Waals surface area contributed by atoms with Gasteiger partial charge in [0.25, 0.3) is 0 Å². The van der Waals surface area contributed by atoms with Crippen LogP contribution in [0.25, 0.3) is 0 Å². The Bertz CT molecular complexity index is 293. The lowest BCUT2D eigenvalue weighted by molar-refractivity contribution is 0.294. The SMILES string of the molecule is CC(CNc1ccccn1)CN1CCCC1. The molecule has 1 fully saturated rings. The zero-order chi connectivity index (χ0) is 11.2. The van der Waals surface area contributed by atoms with Gasteiger partial charge in [-0.15, -0.1) is 0 Å². The molecule has 0 amide bonds. The van der Waals surface area contributed by atoms with Gasteiger partial charge in [-0.25, -0.2) is 4.98 Å². The summed E-state index contributed by atoms with van der Waals surface area (Å²) in [5, 5.41) is 3.38. The third-order valence-electron chi connectivity index (χ3n) is 3.07. The Morgan fingerprint density at radius 2 is 2.19 bits per heavy atom. The van der Waals surface area contributed by atoms with Crippen molar-refractivity contribution in [1.29, 1.82) is 0 Å². The van der Waals surface area contributed by atoms with Crippen molar-refractivity contribution in [3.05, 3.63) is 24.4 Å². The Kier molecular flexibility index (Phi) is 4.17. The van der Waals surface area contributed by atoms with Crippen LogP contribution < -0.4 is 5.32 Å². The van der Waals surface area contributed by atoms with Crippen LogP contribution in [-0.2, 0) is 0 Å². The van der Waals surface area contributed by atoms with E-state index in [1.165, 1.54) is 32.5 Å². The minimum absolute atomic E-state index is 0.681. The van der Waals surface area contributed by atoms with E-state index in [4.69, 9.17) is 0 Å². The van der Waals surface area contributed by atoms with Crippen LogP contribution in [0, 0.1) is 5.92 Å². The molecule has 0 bridgehead atoms. The molecular weight excluding hydrogens is 198 g/mol. The predicted molar refractivity (Wildman–Crippen MR) is 67.6 cm³/mol. The summed E-state index contributed by atoms with van der Waals surface area (Å²) in [6.07, 6.45) is 4.58. The number of nitrogens with zero attached hydrogens (tertiary/aromatic N) is 2. The Balaban J connectivity index is 1.69. The van der Waals surface area contributed by atoms with Crippen molar-refractivity contribution in [3.8, 4) is 0 Å². The average Bonchev–Trinajstić information content (AvgIpc) is 2.81. The van der Waals surface area contributed by atoms with E-state index in [9.17, 15) is 0 Å². The third kappa shape index (κ3) is 3.49. The van der Waals surface area contributed by atoms with Crippen molar-refractivity contribution in [2.24, 2.45) is 5.92 Å². The van der Waals surface area contributed by atoms with Crippen LogP contribution >= 0.6 is 0 Å². The largest absolute Gasteiger partial charge is 0.370 e. The van der Waals surface area contributed by atoms with Crippen LogP contribution in [0.15, 0.2) is 24.4 Å². The standard InChI is InChI=1S/C13H21N3/c1-12(11-16-8-4-5-9-16)10-15-13-6-2-3-7-14-13/h2-3,6-7,12H,4-5,8-11H2,1H3,(H,14,15). The van der Waals surface area contributed by atoms with Gasteiger partial charge in [0.05, 0.1) is 0 Å². The molecule has 1 aromatic rings. The van der Waals surface area contributed by atoms with Gasteiger partial charge in [0.15, 0.2) is 0 Å². The highest BCUT2D eigenvalue weighted by Gasteiger charge is 2.14. The van der Waals surface area contributed by atoms with Crippen LogP contribution in [0.3, 0.4) is 0 Å². The summed E-state index contributed by atoms with van der Waals surface area (Å²) in [7, 11) is 0. The van der Waals surface area contributed by atoms with E-state index in [0.29, 0.717) is 5.92 Å². The van der Waals surface area contributed by atoms with E-state index in [1.807, 2.05) is 24.4 Å². The number of rotatable bonds is 5. The van der Waals surface area contributed by atoms with E-state index in [2.05, 4.69) is 22.1 Å². The fourth-order valence-corrected chi connectivity index (χ4v) is 2.22. The zero-order valence-electron chi connectivity index (χ0n) is 10.0. The molecule has 0 radical (unpaired) electrons. The second-order valence-corrected chi connectivity index (χ2v) is 4.71. The molecule has 1 aliphatic rings. The summed E-state index contributed by atoms with van der Waals surface area (Å²) in [4.78, 5) is 6.82. The minimum Gasteiger partial charge on any atom is -0.370 e. The molecule has 1 aliphatic heterocycles. The van der Waals surface area contributed by atoms with Crippen molar-refractivity contribution in [3.63, 3.8) is 0 Å². The first kappa shape index (κ1) is 11.4. The molecule has 2 rings (SSSR count). The molecule has 1 atom stereocenters. The van der Waals surface area contributed by atoms with Crippen molar-refractivity contribution in [2.75, 3.05) is 31.5 Å². The fourth-order valence-electron chi connectivity index (χ4n) is 2.22. The lowest BCUT2D eigenvalue weighted by Crippen LogP contribution is -2.28. The van der Waals surface area contributed by atoms with Gasteiger partial charge in [-0.2, -0.15) is 0 Å². The van der Waals surface area contributed by atoms with Crippen molar-refractivity contribution in [1.82, 2.24) is 9.88 Å². The molecule has 3 heteroatoms. The highest BCUT2D eigenvalue weighted by molar-refractivity contribution is 5.32. The summed E-state index contributed by atoms with van der Waals surface area (Å²) < 4.78 is 0. The van der Waals surface area contributed by atoms with Crippen molar-refractivity contribution >= 4 is 5.82 Å². The number of pyridine rings is 1. The number of hydrogen-bond acceptors (Lipinski definition) is 3. The predicted octanol–water partition coefficient (Wildman–Crippen LogP) is 2.23. The van der Waals surface area contributed by atoms with Crippen molar-refractivity contribution < 1.29 is 0 Å². The molecule has 1 aromatic heterocycles. The first-order chi connectivity index (χ1) is 7.84. The number of anilines is 1. The molecule has 1 N–H and O–H groups in total. The second-order valence-electron chi connectivity index (χ2n) is 4.71. The fraction of sp³-hybridized carbons (Fsp3) is 0.615. The summed E-state index contributed by atoms with van der Waals surface area (Å²) in [6.45, 7) is 7.09. The molecule has 16 heavy (non-hydrogen) atoms. The lowest BCUT2D eigenvalue weighted by Gasteiger charge is -2.20. The molecule has 0 aliphatic carbocycles. The lowest BCUT2D eigenvalue weighted by atomic mass is 10.1. The molecule has 0 spiro atoms. The topological polar surface area (TPSA) is 28.2 Å². The number of nitrogens with one attached hydrogen (secondary N) is 1. The third-order valence-corrected chi connectivity index (χ3v) is 3.07. The van der Waals surface area contributed by atoms with Gasteiger partial charge in [-0.1, -0.05) is 13.0 Å². The summed E-state index contributed by atoms with van der Waals surface area (Å²) in [5.74, 6) is 1.66. The highest BCUT2D eigenvalue weighted by Crippen LogP contribution is 2.10. The first-order valence-corrected chi connectivity index (χ1v) is 6.22. The van der Waals surface area contributed by atoms with E-state index >= 15 is 0 Å². The van der Waals surface area contributed by atoms with Crippen LogP contribution in [0.1, 0.15) is 19.8 Å². The van der Waals surface area contributed by atoms with E-state index in [0.717, 1.165) is 12.4 Å². The molecule has 1 unspecified atom stereocenters. The molecular formula is C13H21N3. The number of aromatic nitrogens is 1. The average molecular weight is 219 g/mol.